The molecule has 1 aromatic rings. The van der Waals surface area contributed by atoms with Crippen molar-refractivity contribution in [1.82, 2.24) is 0 Å². The van der Waals surface area contributed by atoms with Crippen molar-refractivity contribution in [2.45, 2.75) is 32.6 Å². The van der Waals surface area contributed by atoms with E-state index < -0.39 is 5.97 Å². The molecule has 0 radical (unpaired) electrons. The van der Waals surface area contributed by atoms with Gasteiger partial charge in [-0.2, -0.15) is 0 Å². The first-order chi connectivity index (χ1) is 9.93. The zero-order valence-corrected chi connectivity index (χ0v) is 14.0. The number of hydrogen-bond donors (Lipinski definition) is 2. The van der Waals surface area contributed by atoms with Crippen LogP contribution in [0.2, 0.25) is 5.02 Å². The number of carbonyl (C=O) groups excluding carboxylic acids is 1. The summed E-state index contributed by atoms with van der Waals surface area (Å²) >= 11 is 9.31. The molecule has 1 amide bonds. The van der Waals surface area contributed by atoms with Gasteiger partial charge in [-0.05, 0) is 47.8 Å². The predicted molar refractivity (Wildman–Crippen MR) is 85.1 cm³/mol. The molecular formula is C14H17BrClNO4. The average Bonchev–Trinajstić information content (AvgIpc) is 2.38. The minimum atomic E-state index is -0.854. The van der Waals surface area contributed by atoms with Crippen molar-refractivity contribution >= 4 is 45.1 Å². The SMILES string of the molecule is CCOc1c(Br)cc(Cl)cc1NC(=O)CCCCC(=O)O. The molecule has 7 heteroatoms. The number of rotatable bonds is 8. The first kappa shape index (κ1) is 17.8. The third-order valence-corrected chi connectivity index (χ3v) is 3.42. The second-order valence-electron chi connectivity index (χ2n) is 4.35. The summed E-state index contributed by atoms with van der Waals surface area (Å²) in [5, 5.41) is 11.8. The van der Waals surface area contributed by atoms with Gasteiger partial charge in [0.15, 0.2) is 5.75 Å². The molecule has 21 heavy (non-hydrogen) atoms. The zero-order valence-electron chi connectivity index (χ0n) is 11.6. The van der Waals surface area contributed by atoms with E-state index in [2.05, 4.69) is 21.2 Å². The van der Waals surface area contributed by atoms with Crippen molar-refractivity contribution in [3.8, 4) is 5.75 Å². The quantitative estimate of drug-likeness (QED) is 0.668. The Labute approximate surface area is 136 Å². The first-order valence-electron chi connectivity index (χ1n) is 6.57. The lowest BCUT2D eigenvalue weighted by atomic mass is 10.2. The monoisotopic (exact) mass is 377 g/mol. The van der Waals surface area contributed by atoms with E-state index in [1.165, 1.54) is 0 Å². The van der Waals surface area contributed by atoms with Crippen molar-refractivity contribution < 1.29 is 19.4 Å². The van der Waals surface area contributed by atoms with E-state index in [4.69, 9.17) is 21.4 Å². The first-order valence-corrected chi connectivity index (χ1v) is 7.74. The maximum Gasteiger partial charge on any atom is 0.303 e. The summed E-state index contributed by atoms with van der Waals surface area (Å²) in [4.78, 5) is 22.3. The topological polar surface area (TPSA) is 75.6 Å². The van der Waals surface area contributed by atoms with Crippen molar-refractivity contribution in [2.24, 2.45) is 0 Å². The van der Waals surface area contributed by atoms with Crippen LogP contribution in [0.1, 0.15) is 32.6 Å². The Morgan fingerprint density at radius 3 is 2.62 bits per heavy atom. The second kappa shape index (κ2) is 8.89. The normalized spacial score (nSPS) is 10.2. The van der Waals surface area contributed by atoms with Gasteiger partial charge in [-0.15, -0.1) is 0 Å². The molecule has 1 rings (SSSR count). The Morgan fingerprint density at radius 1 is 1.33 bits per heavy atom. The number of ether oxygens (including phenoxy) is 1. The zero-order chi connectivity index (χ0) is 15.8. The van der Waals surface area contributed by atoms with Gasteiger partial charge in [0.05, 0.1) is 16.8 Å². The number of carbonyl (C=O) groups is 2. The van der Waals surface area contributed by atoms with Crippen LogP contribution < -0.4 is 10.1 Å². The second-order valence-corrected chi connectivity index (χ2v) is 5.64. The molecule has 0 heterocycles. The number of carboxylic acids is 1. The highest BCUT2D eigenvalue weighted by molar-refractivity contribution is 9.10. The Kier molecular flexibility index (Phi) is 7.53. The molecule has 0 aliphatic heterocycles. The lowest BCUT2D eigenvalue weighted by Gasteiger charge is -2.13. The van der Waals surface area contributed by atoms with Crippen LogP contribution in [0, 0.1) is 0 Å². The van der Waals surface area contributed by atoms with Gasteiger partial charge in [0.25, 0.3) is 0 Å². The molecular weight excluding hydrogens is 362 g/mol. The number of unbranched alkanes of at least 4 members (excludes halogenated alkanes) is 1. The minimum absolute atomic E-state index is 0.0696. The predicted octanol–water partition coefficient (Wildman–Crippen LogP) is 4.08. The summed E-state index contributed by atoms with van der Waals surface area (Å²) in [6.07, 6.45) is 1.31. The number of benzene rings is 1. The average molecular weight is 379 g/mol. The highest BCUT2D eigenvalue weighted by Gasteiger charge is 2.13. The van der Waals surface area contributed by atoms with E-state index >= 15 is 0 Å². The van der Waals surface area contributed by atoms with E-state index in [0.717, 1.165) is 0 Å². The van der Waals surface area contributed by atoms with Gasteiger partial charge in [-0.3, -0.25) is 9.59 Å². The van der Waals surface area contributed by atoms with Gasteiger partial charge in [-0.25, -0.2) is 0 Å². The lowest BCUT2D eigenvalue weighted by molar-refractivity contribution is -0.137. The van der Waals surface area contributed by atoms with Crippen LogP contribution in [0.15, 0.2) is 16.6 Å². The maximum atomic E-state index is 11.9. The van der Waals surface area contributed by atoms with Gasteiger partial charge in [0, 0.05) is 17.9 Å². The van der Waals surface area contributed by atoms with Crippen LogP contribution in [0.3, 0.4) is 0 Å². The molecule has 0 atom stereocenters. The molecule has 0 fully saturated rings. The molecule has 116 valence electrons. The molecule has 0 spiro atoms. The standard InChI is InChI=1S/C14H17BrClNO4/c1-2-21-14-10(15)7-9(16)8-11(14)17-12(18)5-3-4-6-13(19)20/h7-8H,2-6H2,1H3,(H,17,18)(H,19,20). The van der Waals surface area contributed by atoms with E-state index in [1.807, 2.05) is 6.92 Å². The van der Waals surface area contributed by atoms with Crippen LogP contribution in [0.25, 0.3) is 0 Å². The third kappa shape index (κ3) is 6.35. The van der Waals surface area contributed by atoms with E-state index in [-0.39, 0.29) is 18.7 Å². The highest BCUT2D eigenvalue weighted by atomic mass is 79.9. The highest BCUT2D eigenvalue weighted by Crippen LogP contribution is 2.36. The lowest BCUT2D eigenvalue weighted by Crippen LogP contribution is -2.12. The Balaban J connectivity index is 2.64. The summed E-state index contributed by atoms with van der Waals surface area (Å²) in [6, 6.07) is 3.31. The van der Waals surface area contributed by atoms with Crippen LogP contribution >= 0.6 is 27.5 Å². The molecule has 1 aromatic carbocycles. The van der Waals surface area contributed by atoms with Crippen molar-refractivity contribution in [2.75, 3.05) is 11.9 Å². The molecule has 0 saturated heterocycles. The van der Waals surface area contributed by atoms with Gasteiger partial charge in [0.2, 0.25) is 5.91 Å². The molecule has 5 nitrogen and oxygen atoms in total. The fourth-order valence-corrected chi connectivity index (χ4v) is 2.64. The molecule has 0 aromatic heterocycles. The number of nitrogens with one attached hydrogen (secondary N) is 1. The fourth-order valence-electron chi connectivity index (χ4n) is 1.72. The van der Waals surface area contributed by atoms with Gasteiger partial charge in [-0.1, -0.05) is 11.6 Å². The molecule has 2 N–H and O–H groups in total. The van der Waals surface area contributed by atoms with E-state index in [0.29, 0.717) is 40.4 Å². The van der Waals surface area contributed by atoms with Gasteiger partial charge in [0.1, 0.15) is 0 Å². The summed E-state index contributed by atoms with van der Waals surface area (Å²) in [6.45, 7) is 2.31. The van der Waals surface area contributed by atoms with Crippen molar-refractivity contribution in [3.05, 3.63) is 21.6 Å². The van der Waals surface area contributed by atoms with Crippen molar-refractivity contribution in [1.29, 1.82) is 0 Å². The summed E-state index contributed by atoms with van der Waals surface area (Å²) in [5.74, 6) is -0.524. The molecule has 0 saturated carbocycles. The summed E-state index contributed by atoms with van der Waals surface area (Å²) in [7, 11) is 0. The maximum absolute atomic E-state index is 11.9. The van der Waals surface area contributed by atoms with Gasteiger partial charge >= 0.3 is 5.97 Å². The van der Waals surface area contributed by atoms with E-state index in [1.54, 1.807) is 12.1 Å². The Hall–Kier alpha value is -1.27. The number of carboxylic acid groups (broad SMARTS) is 1. The van der Waals surface area contributed by atoms with Gasteiger partial charge < -0.3 is 15.2 Å². The number of hydrogen-bond acceptors (Lipinski definition) is 3. The largest absolute Gasteiger partial charge is 0.491 e. The van der Waals surface area contributed by atoms with E-state index in [9.17, 15) is 9.59 Å². The van der Waals surface area contributed by atoms with Crippen LogP contribution in [0.5, 0.6) is 5.75 Å². The van der Waals surface area contributed by atoms with Crippen LogP contribution in [-0.2, 0) is 9.59 Å². The number of anilines is 1. The van der Waals surface area contributed by atoms with Crippen molar-refractivity contribution in [3.63, 3.8) is 0 Å². The Bertz CT molecular complexity index is 522. The van der Waals surface area contributed by atoms with Crippen LogP contribution in [0.4, 0.5) is 5.69 Å². The molecule has 0 aliphatic rings. The molecule has 0 unspecified atom stereocenters. The fraction of sp³-hybridized carbons (Fsp3) is 0.429. The molecule has 0 bridgehead atoms. The minimum Gasteiger partial charge on any atom is -0.491 e. The van der Waals surface area contributed by atoms with Crippen LogP contribution in [-0.4, -0.2) is 23.6 Å². The number of amides is 1. The summed E-state index contributed by atoms with van der Waals surface area (Å²) < 4.78 is 6.15. The summed E-state index contributed by atoms with van der Waals surface area (Å²) in [5.41, 5.74) is 0.499. The number of halogens is 2. The third-order valence-electron chi connectivity index (χ3n) is 2.62. The Morgan fingerprint density at radius 2 is 2.00 bits per heavy atom. The smallest absolute Gasteiger partial charge is 0.303 e. The number of aliphatic carboxylic acids is 1. The molecule has 0 aliphatic carbocycles.